The molecular weight excluding hydrogens is 220 g/mol. The third-order valence-electron chi connectivity index (χ3n) is 2.09. The van der Waals surface area contributed by atoms with Gasteiger partial charge in [0.1, 0.15) is 5.69 Å². The monoisotopic (exact) mass is 234 g/mol. The van der Waals surface area contributed by atoms with Crippen LogP contribution in [0.5, 0.6) is 0 Å². The number of carboxylic acid groups (broad SMARTS) is 1. The first kappa shape index (κ1) is 12.9. The van der Waals surface area contributed by atoms with Gasteiger partial charge in [-0.2, -0.15) is 0 Å². The van der Waals surface area contributed by atoms with E-state index in [1.807, 2.05) is 19.1 Å². The van der Waals surface area contributed by atoms with E-state index in [1.54, 1.807) is 0 Å². The molecule has 17 heavy (non-hydrogen) atoms. The summed E-state index contributed by atoms with van der Waals surface area (Å²) in [5, 5.41) is 11.5. The van der Waals surface area contributed by atoms with Crippen molar-refractivity contribution in [2.75, 3.05) is 6.54 Å². The number of aromatic nitrogens is 1. The Morgan fingerprint density at radius 2 is 2.29 bits per heavy atom. The summed E-state index contributed by atoms with van der Waals surface area (Å²) < 4.78 is 0. The van der Waals surface area contributed by atoms with Gasteiger partial charge in [0.05, 0.1) is 5.56 Å². The van der Waals surface area contributed by atoms with E-state index in [-0.39, 0.29) is 11.3 Å². The van der Waals surface area contributed by atoms with E-state index in [4.69, 9.17) is 5.11 Å². The minimum atomic E-state index is -1.16. The highest BCUT2D eigenvalue weighted by atomic mass is 16.4. The lowest BCUT2D eigenvalue weighted by Crippen LogP contribution is -2.27. The van der Waals surface area contributed by atoms with Crippen LogP contribution < -0.4 is 5.32 Å². The zero-order valence-corrected chi connectivity index (χ0v) is 9.51. The van der Waals surface area contributed by atoms with E-state index in [0.717, 1.165) is 0 Å². The highest BCUT2D eigenvalue weighted by Crippen LogP contribution is 2.04. The van der Waals surface area contributed by atoms with Crippen molar-refractivity contribution in [3.63, 3.8) is 0 Å². The van der Waals surface area contributed by atoms with Crippen LogP contribution in [0.3, 0.4) is 0 Å². The molecule has 0 aromatic carbocycles. The van der Waals surface area contributed by atoms with E-state index in [0.29, 0.717) is 13.0 Å². The summed E-state index contributed by atoms with van der Waals surface area (Å²) in [5.74, 6) is -1.62. The molecule has 5 heteroatoms. The Balaban J connectivity index is 2.71. The van der Waals surface area contributed by atoms with Crippen LogP contribution in [0.15, 0.2) is 30.5 Å². The van der Waals surface area contributed by atoms with Gasteiger partial charge in [-0.25, -0.2) is 4.79 Å². The lowest BCUT2D eigenvalue weighted by molar-refractivity contribution is 0.0690. The van der Waals surface area contributed by atoms with Crippen LogP contribution in [0.2, 0.25) is 0 Å². The van der Waals surface area contributed by atoms with Gasteiger partial charge in [-0.3, -0.25) is 9.78 Å². The van der Waals surface area contributed by atoms with Gasteiger partial charge in [-0.15, -0.1) is 0 Å². The molecule has 0 spiro atoms. The zero-order valence-electron chi connectivity index (χ0n) is 9.51. The van der Waals surface area contributed by atoms with Crippen LogP contribution in [0, 0.1) is 0 Å². The molecule has 1 aromatic rings. The van der Waals surface area contributed by atoms with Crippen molar-refractivity contribution in [3.05, 3.63) is 41.7 Å². The minimum absolute atomic E-state index is 0.0551. The number of nitrogens with one attached hydrogen (secondary N) is 1. The molecule has 1 heterocycles. The maximum atomic E-state index is 11.7. The Kier molecular flexibility index (Phi) is 4.87. The first-order valence-corrected chi connectivity index (χ1v) is 5.24. The predicted octanol–water partition coefficient (Wildman–Crippen LogP) is 1.48. The number of hydrogen-bond donors (Lipinski definition) is 2. The molecule has 1 aromatic heterocycles. The molecule has 1 amide bonds. The van der Waals surface area contributed by atoms with E-state index in [2.05, 4.69) is 10.3 Å². The number of amides is 1. The number of carbonyl (C=O) groups is 2. The lowest BCUT2D eigenvalue weighted by atomic mass is 10.2. The SMILES string of the molecule is C/C=C/CCNC(=O)c1ncccc1C(=O)O. The molecule has 0 saturated heterocycles. The first-order valence-electron chi connectivity index (χ1n) is 5.24. The average Bonchev–Trinajstić information content (AvgIpc) is 2.34. The fourth-order valence-electron chi connectivity index (χ4n) is 1.28. The molecule has 0 unspecified atom stereocenters. The standard InChI is InChI=1S/C12H14N2O3/c1-2-3-4-7-14-11(15)10-9(12(16)17)6-5-8-13-10/h2-3,5-6,8H,4,7H2,1H3,(H,14,15)(H,16,17)/b3-2+. The zero-order chi connectivity index (χ0) is 12.7. The summed E-state index contributed by atoms with van der Waals surface area (Å²) in [6, 6.07) is 2.84. The van der Waals surface area contributed by atoms with E-state index < -0.39 is 11.9 Å². The fourth-order valence-corrected chi connectivity index (χ4v) is 1.28. The quantitative estimate of drug-likeness (QED) is 0.597. The number of pyridine rings is 1. The van der Waals surface area contributed by atoms with Crippen molar-refractivity contribution in [2.45, 2.75) is 13.3 Å². The summed E-state index contributed by atoms with van der Waals surface area (Å²) in [6.07, 6.45) is 5.90. The van der Waals surface area contributed by atoms with Crippen molar-refractivity contribution in [2.24, 2.45) is 0 Å². The van der Waals surface area contributed by atoms with Crippen molar-refractivity contribution in [3.8, 4) is 0 Å². The van der Waals surface area contributed by atoms with Crippen LogP contribution in [0.25, 0.3) is 0 Å². The molecule has 1 rings (SSSR count). The van der Waals surface area contributed by atoms with E-state index in [9.17, 15) is 9.59 Å². The molecule has 0 aliphatic carbocycles. The molecule has 0 aliphatic heterocycles. The fraction of sp³-hybridized carbons (Fsp3) is 0.250. The highest BCUT2D eigenvalue weighted by molar-refractivity contribution is 6.03. The molecular formula is C12H14N2O3. The normalized spacial score (nSPS) is 10.4. The average molecular weight is 234 g/mol. The van der Waals surface area contributed by atoms with Crippen LogP contribution in [0.4, 0.5) is 0 Å². The van der Waals surface area contributed by atoms with E-state index in [1.165, 1.54) is 18.3 Å². The van der Waals surface area contributed by atoms with Gasteiger partial charge in [0.25, 0.3) is 5.91 Å². The Bertz CT molecular complexity index is 441. The second-order valence-electron chi connectivity index (χ2n) is 3.32. The maximum Gasteiger partial charge on any atom is 0.338 e. The Morgan fingerprint density at radius 3 is 2.94 bits per heavy atom. The van der Waals surface area contributed by atoms with Crippen LogP contribution >= 0.6 is 0 Å². The predicted molar refractivity (Wildman–Crippen MR) is 63.0 cm³/mol. The Hall–Kier alpha value is -2.17. The van der Waals surface area contributed by atoms with Crippen molar-refractivity contribution in [1.29, 1.82) is 0 Å². The number of carboxylic acids is 1. The summed E-state index contributed by atoms with van der Waals surface area (Å²) in [4.78, 5) is 26.3. The molecule has 0 fully saturated rings. The topological polar surface area (TPSA) is 79.3 Å². The van der Waals surface area contributed by atoms with Gasteiger partial charge in [-0.05, 0) is 25.5 Å². The number of rotatable bonds is 5. The van der Waals surface area contributed by atoms with Gasteiger partial charge < -0.3 is 10.4 Å². The first-order chi connectivity index (χ1) is 8.16. The van der Waals surface area contributed by atoms with Crippen LogP contribution in [0.1, 0.15) is 34.2 Å². The van der Waals surface area contributed by atoms with Crippen molar-refractivity contribution in [1.82, 2.24) is 10.3 Å². The number of hydrogen-bond acceptors (Lipinski definition) is 3. The van der Waals surface area contributed by atoms with Gasteiger partial charge in [0.15, 0.2) is 0 Å². The molecule has 90 valence electrons. The van der Waals surface area contributed by atoms with Crippen molar-refractivity contribution >= 4 is 11.9 Å². The van der Waals surface area contributed by atoms with E-state index >= 15 is 0 Å². The largest absolute Gasteiger partial charge is 0.478 e. The van der Waals surface area contributed by atoms with Crippen LogP contribution in [-0.2, 0) is 0 Å². The maximum absolute atomic E-state index is 11.7. The number of allylic oxidation sites excluding steroid dienone is 1. The summed E-state index contributed by atoms with van der Waals surface area (Å²) >= 11 is 0. The third-order valence-corrected chi connectivity index (χ3v) is 2.09. The molecule has 0 aliphatic rings. The van der Waals surface area contributed by atoms with Crippen LogP contribution in [-0.4, -0.2) is 28.5 Å². The van der Waals surface area contributed by atoms with Crippen molar-refractivity contribution < 1.29 is 14.7 Å². The van der Waals surface area contributed by atoms with Gasteiger partial charge >= 0.3 is 5.97 Å². The lowest BCUT2D eigenvalue weighted by Gasteiger charge is -2.05. The smallest absolute Gasteiger partial charge is 0.338 e. The molecule has 0 saturated carbocycles. The number of carbonyl (C=O) groups excluding carboxylic acids is 1. The molecule has 0 bridgehead atoms. The highest BCUT2D eigenvalue weighted by Gasteiger charge is 2.16. The van der Waals surface area contributed by atoms with Gasteiger partial charge in [0, 0.05) is 12.7 Å². The summed E-state index contributed by atoms with van der Waals surface area (Å²) in [7, 11) is 0. The Morgan fingerprint density at radius 1 is 1.53 bits per heavy atom. The molecule has 2 N–H and O–H groups in total. The van der Waals surface area contributed by atoms with Gasteiger partial charge in [0.2, 0.25) is 0 Å². The number of aromatic carboxylic acids is 1. The number of nitrogens with zero attached hydrogens (tertiary/aromatic N) is 1. The molecule has 5 nitrogen and oxygen atoms in total. The summed E-state index contributed by atoms with van der Waals surface area (Å²) in [6.45, 7) is 2.35. The Labute approximate surface area is 99.2 Å². The second-order valence-corrected chi connectivity index (χ2v) is 3.32. The summed E-state index contributed by atoms with van der Waals surface area (Å²) in [5.41, 5.74) is -0.142. The minimum Gasteiger partial charge on any atom is -0.478 e. The molecule has 0 atom stereocenters. The molecule has 0 radical (unpaired) electrons. The van der Waals surface area contributed by atoms with Gasteiger partial charge in [-0.1, -0.05) is 12.2 Å². The second kappa shape index (κ2) is 6.42. The third kappa shape index (κ3) is 3.71.